The van der Waals surface area contributed by atoms with Gasteiger partial charge in [0.15, 0.2) is 17.1 Å². The largest absolute Gasteiger partial charge is 0.497 e. The number of hydrogen-bond acceptors (Lipinski definition) is 7. The van der Waals surface area contributed by atoms with Crippen molar-refractivity contribution in [2.24, 2.45) is 0 Å². The Labute approximate surface area is 150 Å². The van der Waals surface area contributed by atoms with E-state index < -0.39 is 17.5 Å². The van der Waals surface area contributed by atoms with E-state index in [1.807, 2.05) is 0 Å². The molecule has 7 heteroatoms. The maximum Gasteiger partial charge on any atom is 0.201 e. The van der Waals surface area contributed by atoms with Gasteiger partial charge in [-0.05, 0) is 30.3 Å². The number of aliphatic hydroxyl groups excluding tert-OH is 1. The van der Waals surface area contributed by atoms with Crippen molar-refractivity contribution >= 4 is 5.78 Å². The minimum absolute atomic E-state index is 0.171. The molecule has 0 spiro atoms. The Hall–Kier alpha value is -2.77. The van der Waals surface area contributed by atoms with Crippen LogP contribution in [0.3, 0.4) is 0 Å². The number of carbonyl (C=O) groups is 1. The first-order valence-corrected chi connectivity index (χ1v) is 7.92. The number of benzene rings is 2. The zero-order chi connectivity index (χ0) is 18.9. The van der Waals surface area contributed by atoms with Gasteiger partial charge in [0.25, 0.3) is 0 Å². The van der Waals surface area contributed by atoms with Crippen molar-refractivity contribution in [1.82, 2.24) is 0 Å². The summed E-state index contributed by atoms with van der Waals surface area (Å²) in [6.07, 6.45) is -1.45. The minimum Gasteiger partial charge on any atom is -0.497 e. The molecule has 1 heterocycles. The van der Waals surface area contributed by atoms with Crippen molar-refractivity contribution in [2.45, 2.75) is 11.7 Å². The number of Topliss-reactive ketones (excluding diaryl/α,β-unsaturated/α-hetero) is 1. The monoisotopic (exact) mass is 360 g/mol. The van der Waals surface area contributed by atoms with Gasteiger partial charge in [-0.25, -0.2) is 0 Å². The summed E-state index contributed by atoms with van der Waals surface area (Å²) in [5, 5.41) is 21.6. The number of hydrogen-bond donors (Lipinski definition) is 2. The fraction of sp³-hybridized carbons (Fsp3) is 0.316. The molecule has 0 saturated heterocycles. The highest BCUT2D eigenvalue weighted by Crippen LogP contribution is 2.41. The summed E-state index contributed by atoms with van der Waals surface area (Å²) in [5.74, 6) is 1.04. The van der Waals surface area contributed by atoms with Crippen LogP contribution in [0.15, 0.2) is 36.4 Å². The summed E-state index contributed by atoms with van der Waals surface area (Å²) in [4.78, 5) is 12.9. The second-order valence-electron chi connectivity index (χ2n) is 5.92. The molecule has 0 bridgehead atoms. The summed E-state index contributed by atoms with van der Waals surface area (Å²) in [5.41, 5.74) is -1.64. The van der Waals surface area contributed by atoms with E-state index in [0.29, 0.717) is 28.6 Å². The predicted molar refractivity (Wildman–Crippen MR) is 92.3 cm³/mol. The van der Waals surface area contributed by atoms with Crippen LogP contribution < -0.4 is 18.9 Å². The summed E-state index contributed by atoms with van der Waals surface area (Å²) < 4.78 is 21.0. The van der Waals surface area contributed by atoms with Gasteiger partial charge in [0.2, 0.25) is 5.78 Å². The van der Waals surface area contributed by atoms with Gasteiger partial charge in [-0.3, -0.25) is 4.79 Å². The van der Waals surface area contributed by atoms with Crippen LogP contribution >= 0.6 is 0 Å². The molecule has 3 rings (SSSR count). The van der Waals surface area contributed by atoms with Crippen LogP contribution in [0.5, 0.6) is 23.0 Å². The van der Waals surface area contributed by atoms with E-state index in [1.54, 1.807) is 24.3 Å². The Bertz CT molecular complexity index is 833. The maximum absolute atomic E-state index is 12.9. The van der Waals surface area contributed by atoms with Gasteiger partial charge in [0.1, 0.15) is 24.2 Å². The maximum atomic E-state index is 12.9. The standard InChI is InChI=1S/C19H20O7/c1-23-12-5-6-13-15(9-12)26-10-19(22,18(13)21)17(20)11-4-7-14(24-2)16(8-11)25-3/h4-9,18,21-22H,10H2,1-3H3/t18-,19-/m0/s1. The van der Waals surface area contributed by atoms with Crippen LogP contribution in [0.2, 0.25) is 0 Å². The van der Waals surface area contributed by atoms with Gasteiger partial charge in [-0.2, -0.15) is 0 Å². The molecule has 0 amide bonds. The zero-order valence-corrected chi connectivity index (χ0v) is 14.7. The van der Waals surface area contributed by atoms with E-state index in [9.17, 15) is 15.0 Å². The van der Waals surface area contributed by atoms with Crippen molar-refractivity contribution in [3.05, 3.63) is 47.5 Å². The SMILES string of the molecule is COc1ccc2c(c1)OC[C@](O)(C(=O)c1ccc(OC)c(OC)c1)[C@H]2O. The lowest BCUT2D eigenvalue weighted by Crippen LogP contribution is -2.52. The number of ketones is 1. The van der Waals surface area contributed by atoms with Gasteiger partial charge in [0.05, 0.1) is 21.3 Å². The molecule has 0 fully saturated rings. The zero-order valence-electron chi connectivity index (χ0n) is 14.7. The molecular formula is C19H20O7. The Morgan fingerprint density at radius 2 is 1.81 bits per heavy atom. The Morgan fingerprint density at radius 3 is 2.46 bits per heavy atom. The third kappa shape index (κ3) is 2.85. The molecule has 2 N–H and O–H groups in total. The highest BCUT2D eigenvalue weighted by molar-refractivity contribution is 6.03. The van der Waals surface area contributed by atoms with E-state index in [-0.39, 0.29) is 12.2 Å². The van der Waals surface area contributed by atoms with Gasteiger partial charge >= 0.3 is 0 Å². The van der Waals surface area contributed by atoms with Crippen molar-refractivity contribution < 1.29 is 34.0 Å². The highest BCUT2D eigenvalue weighted by Gasteiger charge is 2.49. The Kier molecular flexibility index (Phi) is 4.76. The quantitative estimate of drug-likeness (QED) is 0.785. The third-order valence-corrected chi connectivity index (χ3v) is 4.45. The number of aliphatic hydroxyl groups is 2. The fourth-order valence-electron chi connectivity index (χ4n) is 2.93. The fourth-order valence-corrected chi connectivity index (χ4v) is 2.93. The van der Waals surface area contributed by atoms with Gasteiger partial charge in [0, 0.05) is 17.2 Å². The molecule has 0 saturated carbocycles. The Morgan fingerprint density at radius 1 is 1.08 bits per heavy atom. The minimum atomic E-state index is -2.12. The molecule has 0 radical (unpaired) electrons. The molecule has 0 aromatic heterocycles. The molecule has 2 atom stereocenters. The lowest BCUT2D eigenvalue weighted by Gasteiger charge is -2.36. The van der Waals surface area contributed by atoms with Gasteiger partial charge < -0.3 is 29.2 Å². The second kappa shape index (κ2) is 6.86. The van der Waals surface area contributed by atoms with Crippen LogP contribution in [-0.4, -0.2) is 49.5 Å². The molecule has 26 heavy (non-hydrogen) atoms. The van der Waals surface area contributed by atoms with Crippen LogP contribution in [0.25, 0.3) is 0 Å². The number of methoxy groups -OCH3 is 3. The van der Waals surface area contributed by atoms with Crippen LogP contribution in [0, 0.1) is 0 Å². The van der Waals surface area contributed by atoms with Crippen LogP contribution in [0.1, 0.15) is 22.0 Å². The number of rotatable bonds is 5. The van der Waals surface area contributed by atoms with Gasteiger partial charge in [-0.1, -0.05) is 0 Å². The molecule has 0 aliphatic carbocycles. The summed E-state index contributed by atoms with van der Waals surface area (Å²) in [7, 11) is 4.44. The molecular weight excluding hydrogens is 340 g/mol. The van der Waals surface area contributed by atoms with E-state index in [0.717, 1.165) is 0 Å². The molecule has 138 valence electrons. The van der Waals surface area contributed by atoms with E-state index >= 15 is 0 Å². The van der Waals surface area contributed by atoms with E-state index in [4.69, 9.17) is 18.9 Å². The van der Waals surface area contributed by atoms with Crippen LogP contribution in [-0.2, 0) is 0 Å². The molecule has 2 aromatic carbocycles. The lowest BCUT2D eigenvalue weighted by atomic mass is 9.82. The summed E-state index contributed by atoms with van der Waals surface area (Å²) in [6.45, 7) is -0.387. The van der Waals surface area contributed by atoms with Crippen molar-refractivity contribution in [2.75, 3.05) is 27.9 Å². The molecule has 1 aliphatic heterocycles. The first-order chi connectivity index (χ1) is 12.4. The Balaban J connectivity index is 1.96. The molecule has 7 nitrogen and oxygen atoms in total. The van der Waals surface area contributed by atoms with Crippen molar-refractivity contribution in [1.29, 1.82) is 0 Å². The van der Waals surface area contributed by atoms with Gasteiger partial charge in [-0.15, -0.1) is 0 Å². The highest BCUT2D eigenvalue weighted by atomic mass is 16.5. The lowest BCUT2D eigenvalue weighted by molar-refractivity contribution is -0.0871. The predicted octanol–water partition coefficient (Wildman–Crippen LogP) is 1.75. The normalized spacial score (nSPS) is 21.3. The van der Waals surface area contributed by atoms with E-state index in [1.165, 1.54) is 33.5 Å². The first kappa shape index (κ1) is 18.0. The first-order valence-electron chi connectivity index (χ1n) is 7.92. The molecule has 0 unspecified atom stereocenters. The number of fused-ring (bicyclic) bond motifs is 1. The summed E-state index contributed by atoms with van der Waals surface area (Å²) >= 11 is 0. The molecule has 2 aromatic rings. The molecule has 1 aliphatic rings. The van der Waals surface area contributed by atoms with Crippen molar-refractivity contribution in [3.63, 3.8) is 0 Å². The van der Waals surface area contributed by atoms with Crippen LogP contribution in [0.4, 0.5) is 0 Å². The third-order valence-electron chi connectivity index (χ3n) is 4.45. The summed E-state index contributed by atoms with van der Waals surface area (Å²) in [6, 6.07) is 9.29. The number of ether oxygens (including phenoxy) is 4. The second-order valence-corrected chi connectivity index (χ2v) is 5.92. The van der Waals surface area contributed by atoms with E-state index in [2.05, 4.69) is 0 Å². The number of carbonyl (C=O) groups excluding carboxylic acids is 1. The van der Waals surface area contributed by atoms with Crippen molar-refractivity contribution in [3.8, 4) is 23.0 Å². The topological polar surface area (TPSA) is 94.5 Å². The average molecular weight is 360 g/mol. The smallest absolute Gasteiger partial charge is 0.201 e. The average Bonchev–Trinajstić information content (AvgIpc) is 2.69.